The first-order valence-electron chi connectivity index (χ1n) is 6.54. The molecule has 1 atom stereocenters. The number of hydrogen-bond acceptors (Lipinski definition) is 1. The predicted molar refractivity (Wildman–Crippen MR) is 82.6 cm³/mol. The van der Waals surface area contributed by atoms with Crippen molar-refractivity contribution in [2.45, 2.75) is 25.7 Å². The zero-order valence-electron chi connectivity index (χ0n) is 11.0. The van der Waals surface area contributed by atoms with Crippen molar-refractivity contribution in [2.24, 2.45) is 0 Å². The molecule has 0 saturated heterocycles. The third kappa shape index (κ3) is 3.77. The summed E-state index contributed by atoms with van der Waals surface area (Å²) in [6, 6.07) is 17.9. The van der Waals surface area contributed by atoms with Crippen molar-refractivity contribution in [3.05, 3.63) is 70.2 Å². The molecule has 0 N–H and O–H groups in total. The second-order valence-electron chi connectivity index (χ2n) is 4.65. The molecule has 0 unspecified atom stereocenters. The van der Waals surface area contributed by atoms with Gasteiger partial charge in [-0.25, -0.2) is 0 Å². The highest BCUT2D eigenvalue weighted by Gasteiger charge is 2.15. The van der Waals surface area contributed by atoms with Crippen LogP contribution in [0.2, 0.25) is 0 Å². The first-order valence-corrected chi connectivity index (χ1v) is 7.33. The minimum absolute atomic E-state index is 0.211. The Balaban J connectivity index is 2.10. The number of benzene rings is 2. The average molecular weight is 317 g/mol. The van der Waals surface area contributed by atoms with Crippen molar-refractivity contribution in [3.8, 4) is 0 Å². The van der Waals surface area contributed by atoms with E-state index in [1.165, 1.54) is 5.56 Å². The normalized spacial score (nSPS) is 12.1. The lowest BCUT2D eigenvalue weighted by Crippen LogP contribution is -2.07. The Morgan fingerprint density at radius 3 is 2.26 bits per heavy atom. The van der Waals surface area contributed by atoms with Crippen molar-refractivity contribution < 1.29 is 4.79 Å². The highest BCUT2D eigenvalue weighted by molar-refractivity contribution is 9.10. The number of hydrogen-bond donors (Lipinski definition) is 0. The van der Waals surface area contributed by atoms with E-state index < -0.39 is 0 Å². The molecule has 0 radical (unpaired) electrons. The van der Waals surface area contributed by atoms with Crippen LogP contribution >= 0.6 is 15.9 Å². The molecule has 2 rings (SSSR count). The molecule has 19 heavy (non-hydrogen) atoms. The monoisotopic (exact) mass is 316 g/mol. The summed E-state index contributed by atoms with van der Waals surface area (Å²) in [5.41, 5.74) is 2.04. The first-order chi connectivity index (χ1) is 9.20. The van der Waals surface area contributed by atoms with Gasteiger partial charge in [0, 0.05) is 16.5 Å². The molecular formula is C17H17BrO. The molecule has 98 valence electrons. The topological polar surface area (TPSA) is 17.1 Å². The Labute approximate surface area is 122 Å². The Bertz CT molecular complexity index is 531. The minimum atomic E-state index is 0.211. The van der Waals surface area contributed by atoms with Gasteiger partial charge in [-0.3, -0.25) is 4.79 Å². The van der Waals surface area contributed by atoms with E-state index in [9.17, 15) is 4.79 Å². The third-order valence-electron chi connectivity index (χ3n) is 3.36. The molecule has 0 spiro atoms. The van der Waals surface area contributed by atoms with E-state index in [1.54, 1.807) is 0 Å². The summed E-state index contributed by atoms with van der Waals surface area (Å²) in [4.78, 5) is 12.3. The number of ketones is 1. The maximum atomic E-state index is 12.3. The Kier molecular flexibility index (Phi) is 4.92. The SMILES string of the molecule is CC[C@H](CC(=O)c1ccc(Br)cc1)c1ccccc1. The zero-order valence-corrected chi connectivity index (χ0v) is 12.6. The van der Waals surface area contributed by atoms with Gasteiger partial charge in [-0.05, 0) is 30.0 Å². The number of carbonyl (C=O) groups is 1. The molecule has 2 heteroatoms. The Morgan fingerprint density at radius 2 is 1.68 bits per heavy atom. The van der Waals surface area contributed by atoms with E-state index in [2.05, 4.69) is 35.0 Å². The standard InChI is InChI=1S/C17H17BrO/c1-2-13(14-6-4-3-5-7-14)12-17(19)15-8-10-16(18)11-9-15/h3-11,13H,2,12H2,1H3/t13-/m1/s1. The second-order valence-corrected chi connectivity index (χ2v) is 5.57. The first kappa shape index (κ1) is 14.0. The summed E-state index contributed by atoms with van der Waals surface area (Å²) in [5, 5.41) is 0. The number of carbonyl (C=O) groups excluding carboxylic acids is 1. The van der Waals surface area contributed by atoms with Gasteiger partial charge in [0.25, 0.3) is 0 Å². The summed E-state index contributed by atoms with van der Waals surface area (Å²) >= 11 is 3.38. The minimum Gasteiger partial charge on any atom is -0.294 e. The predicted octanol–water partition coefficient (Wildman–Crippen LogP) is 5.22. The van der Waals surface area contributed by atoms with Gasteiger partial charge in [-0.15, -0.1) is 0 Å². The molecule has 0 aliphatic heterocycles. The molecule has 0 bridgehead atoms. The summed E-state index contributed by atoms with van der Waals surface area (Å²) < 4.78 is 0.999. The molecule has 0 heterocycles. The van der Waals surface area contributed by atoms with E-state index in [0.29, 0.717) is 12.3 Å². The summed E-state index contributed by atoms with van der Waals surface area (Å²) in [6.07, 6.45) is 1.55. The van der Waals surface area contributed by atoms with E-state index in [0.717, 1.165) is 16.5 Å². The lowest BCUT2D eigenvalue weighted by Gasteiger charge is -2.14. The van der Waals surface area contributed by atoms with Crippen LogP contribution < -0.4 is 0 Å². The van der Waals surface area contributed by atoms with Crippen LogP contribution in [0.1, 0.15) is 41.6 Å². The molecule has 2 aromatic rings. The molecule has 0 fully saturated rings. The van der Waals surface area contributed by atoms with Crippen molar-refractivity contribution in [2.75, 3.05) is 0 Å². The van der Waals surface area contributed by atoms with Gasteiger partial charge in [0.05, 0.1) is 0 Å². The van der Waals surface area contributed by atoms with E-state index in [1.807, 2.05) is 42.5 Å². The molecule has 2 aromatic carbocycles. The fraction of sp³-hybridized carbons (Fsp3) is 0.235. The van der Waals surface area contributed by atoms with Crippen LogP contribution in [-0.2, 0) is 0 Å². The van der Waals surface area contributed by atoms with Crippen molar-refractivity contribution in [1.82, 2.24) is 0 Å². The van der Waals surface area contributed by atoms with Crippen LogP contribution in [0, 0.1) is 0 Å². The quantitative estimate of drug-likeness (QED) is 0.691. The fourth-order valence-corrected chi connectivity index (χ4v) is 2.46. The average Bonchev–Trinajstić information content (AvgIpc) is 2.46. The van der Waals surface area contributed by atoms with Crippen molar-refractivity contribution in [1.29, 1.82) is 0 Å². The Hall–Kier alpha value is -1.41. The third-order valence-corrected chi connectivity index (χ3v) is 3.89. The largest absolute Gasteiger partial charge is 0.294 e. The molecular weight excluding hydrogens is 300 g/mol. The highest BCUT2D eigenvalue weighted by Crippen LogP contribution is 2.25. The van der Waals surface area contributed by atoms with Crippen LogP contribution in [0.5, 0.6) is 0 Å². The van der Waals surface area contributed by atoms with Crippen molar-refractivity contribution >= 4 is 21.7 Å². The van der Waals surface area contributed by atoms with Gasteiger partial charge in [-0.1, -0.05) is 65.3 Å². The Morgan fingerprint density at radius 1 is 1.05 bits per heavy atom. The van der Waals surface area contributed by atoms with Gasteiger partial charge in [-0.2, -0.15) is 0 Å². The van der Waals surface area contributed by atoms with Crippen LogP contribution in [0.15, 0.2) is 59.1 Å². The number of rotatable bonds is 5. The molecule has 0 saturated carbocycles. The van der Waals surface area contributed by atoms with Gasteiger partial charge in [0.2, 0.25) is 0 Å². The lowest BCUT2D eigenvalue weighted by molar-refractivity contribution is 0.0973. The molecule has 0 amide bonds. The molecule has 0 aromatic heterocycles. The molecule has 1 nitrogen and oxygen atoms in total. The van der Waals surface area contributed by atoms with Crippen LogP contribution in [-0.4, -0.2) is 5.78 Å². The van der Waals surface area contributed by atoms with Gasteiger partial charge >= 0.3 is 0 Å². The van der Waals surface area contributed by atoms with Gasteiger partial charge in [0.1, 0.15) is 0 Å². The summed E-state index contributed by atoms with van der Waals surface area (Å²) in [5.74, 6) is 0.514. The number of Topliss-reactive ketones (excluding diaryl/α,β-unsaturated/α-hetero) is 1. The van der Waals surface area contributed by atoms with E-state index in [4.69, 9.17) is 0 Å². The second kappa shape index (κ2) is 6.67. The van der Waals surface area contributed by atoms with E-state index >= 15 is 0 Å². The fourth-order valence-electron chi connectivity index (χ4n) is 2.20. The van der Waals surface area contributed by atoms with Gasteiger partial charge < -0.3 is 0 Å². The zero-order chi connectivity index (χ0) is 13.7. The summed E-state index contributed by atoms with van der Waals surface area (Å²) in [7, 11) is 0. The van der Waals surface area contributed by atoms with Crippen LogP contribution in [0.25, 0.3) is 0 Å². The van der Waals surface area contributed by atoms with Gasteiger partial charge in [0.15, 0.2) is 5.78 Å². The maximum absolute atomic E-state index is 12.3. The lowest BCUT2D eigenvalue weighted by atomic mass is 9.90. The number of halogens is 1. The smallest absolute Gasteiger partial charge is 0.163 e. The van der Waals surface area contributed by atoms with Crippen molar-refractivity contribution in [3.63, 3.8) is 0 Å². The highest BCUT2D eigenvalue weighted by atomic mass is 79.9. The summed E-state index contributed by atoms with van der Waals surface area (Å²) in [6.45, 7) is 2.13. The van der Waals surface area contributed by atoms with E-state index in [-0.39, 0.29) is 5.78 Å². The maximum Gasteiger partial charge on any atom is 0.163 e. The van der Waals surface area contributed by atoms with Crippen LogP contribution in [0.4, 0.5) is 0 Å². The molecule has 0 aliphatic rings. The van der Waals surface area contributed by atoms with Crippen LogP contribution in [0.3, 0.4) is 0 Å². The molecule has 0 aliphatic carbocycles.